The van der Waals surface area contributed by atoms with Gasteiger partial charge in [0.15, 0.2) is 0 Å². The highest BCUT2D eigenvalue weighted by Crippen LogP contribution is 2.23. The quantitative estimate of drug-likeness (QED) is 0.684. The highest BCUT2D eigenvalue weighted by molar-refractivity contribution is 6.29. The van der Waals surface area contributed by atoms with Crippen molar-refractivity contribution in [3.8, 4) is 11.1 Å². The van der Waals surface area contributed by atoms with Crippen LogP contribution < -0.4 is 5.32 Å². The molecule has 0 saturated carbocycles. The molecule has 1 amide bonds. The van der Waals surface area contributed by atoms with Gasteiger partial charge in [0, 0.05) is 17.6 Å². The molecule has 1 N–H and O–H groups in total. The van der Waals surface area contributed by atoms with Gasteiger partial charge in [-0.25, -0.2) is 4.98 Å². The summed E-state index contributed by atoms with van der Waals surface area (Å²) >= 11 is 5.89. The lowest BCUT2D eigenvalue weighted by Gasteiger charge is -2.12. The molecule has 0 aliphatic heterocycles. The molecule has 0 unspecified atom stereocenters. The number of benzene rings is 1. The maximum atomic E-state index is 12.4. The number of anilines is 1. The Balaban J connectivity index is 1.72. The van der Waals surface area contributed by atoms with Crippen LogP contribution >= 0.6 is 11.6 Å². The summed E-state index contributed by atoms with van der Waals surface area (Å²) in [6.45, 7) is 3.77. The van der Waals surface area contributed by atoms with Crippen molar-refractivity contribution < 1.29 is 4.79 Å². The topological polar surface area (TPSA) is 54.9 Å². The fourth-order valence-corrected chi connectivity index (χ4v) is 2.69. The van der Waals surface area contributed by atoms with E-state index in [1.165, 1.54) is 0 Å². The van der Waals surface area contributed by atoms with Crippen LogP contribution in [0.5, 0.6) is 0 Å². The number of aromatic nitrogens is 2. The van der Waals surface area contributed by atoms with Crippen LogP contribution in [0.3, 0.4) is 0 Å². The Morgan fingerprint density at radius 3 is 2.52 bits per heavy atom. The Hall–Kier alpha value is -2.72. The van der Waals surface area contributed by atoms with E-state index in [0.29, 0.717) is 10.8 Å². The molecule has 4 nitrogen and oxygen atoms in total. The van der Waals surface area contributed by atoms with E-state index in [9.17, 15) is 4.79 Å². The lowest BCUT2D eigenvalue weighted by atomic mass is 10.0. The van der Waals surface area contributed by atoms with Gasteiger partial charge in [0.1, 0.15) is 5.15 Å². The van der Waals surface area contributed by atoms with Crippen LogP contribution in [-0.4, -0.2) is 15.9 Å². The molecule has 5 heteroatoms. The number of nitrogens with one attached hydrogen (secondary N) is 1. The number of carbonyl (C=O) groups is 1. The zero-order valence-corrected chi connectivity index (χ0v) is 14.8. The van der Waals surface area contributed by atoms with Crippen LogP contribution in [0.15, 0.2) is 60.8 Å². The first-order chi connectivity index (χ1) is 12.0. The molecule has 0 bridgehead atoms. The van der Waals surface area contributed by atoms with Crippen molar-refractivity contribution >= 4 is 23.2 Å². The number of hydrogen-bond donors (Lipinski definition) is 1. The second-order valence-corrected chi connectivity index (χ2v) is 6.25. The Kier molecular flexibility index (Phi) is 5.10. The maximum absolute atomic E-state index is 12.4. The van der Waals surface area contributed by atoms with Crippen molar-refractivity contribution in [1.29, 1.82) is 0 Å². The minimum Gasteiger partial charge on any atom is -0.326 e. The summed E-state index contributed by atoms with van der Waals surface area (Å²) < 4.78 is 0. The predicted molar refractivity (Wildman–Crippen MR) is 101 cm³/mol. The van der Waals surface area contributed by atoms with E-state index in [1.54, 1.807) is 24.4 Å². The summed E-state index contributed by atoms with van der Waals surface area (Å²) in [6.07, 6.45) is 1.79. The van der Waals surface area contributed by atoms with Gasteiger partial charge in [-0.3, -0.25) is 9.78 Å². The second kappa shape index (κ2) is 7.45. The lowest BCUT2D eigenvalue weighted by Crippen LogP contribution is -2.19. The van der Waals surface area contributed by atoms with Crippen LogP contribution in [-0.2, 0) is 4.79 Å². The van der Waals surface area contributed by atoms with Gasteiger partial charge in [0.05, 0.1) is 11.6 Å². The van der Waals surface area contributed by atoms with Crippen LogP contribution in [0.25, 0.3) is 11.1 Å². The highest BCUT2D eigenvalue weighted by atomic mass is 35.5. The molecule has 3 aromatic rings. The zero-order chi connectivity index (χ0) is 17.8. The SMILES string of the molecule is Cc1cc(-c2ccc(NC(=O)[C@H](C)c3cccc(Cl)n3)cc2)ccn1. The van der Waals surface area contributed by atoms with E-state index in [1.807, 2.05) is 50.2 Å². The van der Waals surface area contributed by atoms with Crippen molar-refractivity contribution in [2.24, 2.45) is 0 Å². The van der Waals surface area contributed by atoms with Crippen LogP contribution in [0.1, 0.15) is 24.2 Å². The largest absolute Gasteiger partial charge is 0.326 e. The first-order valence-corrected chi connectivity index (χ1v) is 8.37. The summed E-state index contributed by atoms with van der Waals surface area (Å²) in [5.41, 5.74) is 4.54. The third-order valence-electron chi connectivity index (χ3n) is 3.96. The fourth-order valence-electron chi connectivity index (χ4n) is 2.52. The molecular weight excluding hydrogens is 334 g/mol. The Labute approximate surface area is 151 Å². The number of pyridine rings is 2. The molecule has 0 aliphatic carbocycles. The summed E-state index contributed by atoms with van der Waals surface area (Å²) in [5.74, 6) is -0.511. The molecule has 0 fully saturated rings. The number of amides is 1. The van der Waals surface area contributed by atoms with E-state index in [-0.39, 0.29) is 11.8 Å². The fraction of sp³-hybridized carbons (Fsp3) is 0.150. The molecule has 1 aromatic carbocycles. The normalized spacial score (nSPS) is 11.8. The number of rotatable bonds is 4. The monoisotopic (exact) mass is 351 g/mol. The molecule has 0 saturated heterocycles. The molecule has 126 valence electrons. The number of hydrogen-bond acceptors (Lipinski definition) is 3. The van der Waals surface area contributed by atoms with E-state index in [4.69, 9.17) is 11.6 Å². The van der Waals surface area contributed by atoms with E-state index in [0.717, 1.165) is 22.5 Å². The molecule has 25 heavy (non-hydrogen) atoms. The summed E-state index contributed by atoms with van der Waals surface area (Å²) in [4.78, 5) is 20.8. The number of nitrogens with zero attached hydrogens (tertiary/aromatic N) is 2. The Morgan fingerprint density at radius 1 is 1.08 bits per heavy atom. The third-order valence-corrected chi connectivity index (χ3v) is 4.17. The minimum absolute atomic E-state index is 0.123. The minimum atomic E-state index is -0.388. The summed E-state index contributed by atoms with van der Waals surface area (Å²) in [6, 6.07) is 17.0. The molecule has 0 radical (unpaired) electrons. The Morgan fingerprint density at radius 2 is 1.84 bits per heavy atom. The van der Waals surface area contributed by atoms with Crippen molar-refractivity contribution in [1.82, 2.24) is 9.97 Å². The van der Waals surface area contributed by atoms with Gasteiger partial charge in [-0.15, -0.1) is 0 Å². The lowest BCUT2D eigenvalue weighted by molar-refractivity contribution is -0.117. The highest BCUT2D eigenvalue weighted by Gasteiger charge is 2.17. The molecule has 3 rings (SSSR count). The first-order valence-electron chi connectivity index (χ1n) is 7.99. The van der Waals surface area contributed by atoms with E-state index >= 15 is 0 Å². The predicted octanol–water partition coefficient (Wildman–Crippen LogP) is 4.85. The molecule has 2 heterocycles. The molecule has 1 atom stereocenters. The van der Waals surface area contributed by atoms with Gasteiger partial charge < -0.3 is 5.32 Å². The van der Waals surface area contributed by atoms with Crippen molar-refractivity contribution in [2.45, 2.75) is 19.8 Å². The van der Waals surface area contributed by atoms with Crippen molar-refractivity contribution in [3.05, 3.63) is 77.3 Å². The van der Waals surface area contributed by atoms with Gasteiger partial charge in [0.2, 0.25) is 5.91 Å². The van der Waals surface area contributed by atoms with Crippen LogP contribution in [0, 0.1) is 6.92 Å². The average molecular weight is 352 g/mol. The maximum Gasteiger partial charge on any atom is 0.233 e. The third kappa shape index (κ3) is 4.22. The standard InChI is InChI=1S/C20H18ClN3O/c1-13-12-16(10-11-22-13)15-6-8-17(9-7-15)23-20(25)14(2)18-4-3-5-19(21)24-18/h3-12,14H,1-2H3,(H,23,25)/t14-/m1/s1. The van der Waals surface area contributed by atoms with Crippen LogP contribution in [0.2, 0.25) is 5.15 Å². The number of carbonyl (C=O) groups excluding carboxylic acids is 1. The Bertz CT molecular complexity index is 893. The van der Waals surface area contributed by atoms with Gasteiger partial charge in [0.25, 0.3) is 0 Å². The molecule has 0 aliphatic rings. The summed E-state index contributed by atoms with van der Waals surface area (Å²) in [7, 11) is 0. The second-order valence-electron chi connectivity index (χ2n) is 5.86. The summed E-state index contributed by atoms with van der Waals surface area (Å²) in [5, 5.41) is 3.30. The molecule has 0 spiro atoms. The van der Waals surface area contributed by atoms with Crippen molar-refractivity contribution in [3.63, 3.8) is 0 Å². The smallest absolute Gasteiger partial charge is 0.233 e. The van der Waals surface area contributed by atoms with Crippen LogP contribution in [0.4, 0.5) is 5.69 Å². The van der Waals surface area contributed by atoms with Gasteiger partial charge in [-0.05, 0) is 61.4 Å². The molecular formula is C20H18ClN3O. The van der Waals surface area contributed by atoms with Gasteiger partial charge in [-0.1, -0.05) is 29.8 Å². The van der Waals surface area contributed by atoms with Gasteiger partial charge >= 0.3 is 0 Å². The average Bonchev–Trinajstić information content (AvgIpc) is 2.61. The van der Waals surface area contributed by atoms with E-state index in [2.05, 4.69) is 15.3 Å². The molecule has 2 aromatic heterocycles. The zero-order valence-electron chi connectivity index (χ0n) is 14.0. The van der Waals surface area contributed by atoms with E-state index < -0.39 is 0 Å². The number of halogens is 1. The van der Waals surface area contributed by atoms with Gasteiger partial charge in [-0.2, -0.15) is 0 Å². The van der Waals surface area contributed by atoms with Crippen molar-refractivity contribution in [2.75, 3.05) is 5.32 Å². The number of aryl methyl sites for hydroxylation is 1. The first kappa shape index (κ1) is 17.1.